The van der Waals surface area contributed by atoms with Crippen molar-refractivity contribution < 1.29 is 0 Å². The van der Waals surface area contributed by atoms with Crippen LogP contribution in [-0.2, 0) is 0 Å². The van der Waals surface area contributed by atoms with Crippen molar-refractivity contribution in [1.82, 2.24) is 24.2 Å². The Morgan fingerprint density at radius 1 is 1.19 bits per heavy atom. The van der Waals surface area contributed by atoms with Gasteiger partial charge in [-0.2, -0.15) is 9.58 Å². The van der Waals surface area contributed by atoms with Crippen LogP contribution < -0.4 is 10.3 Å². The summed E-state index contributed by atoms with van der Waals surface area (Å²) >= 11 is 0. The van der Waals surface area contributed by atoms with Crippen LogP contribution in [0, 0.1) is 0 Å². The number of nitrogens with zero attached hydrogens (tertiary/aromatic N) is 6. The summed E-state index contributed by atoms with van der Waals surface area (Å²) in [7, 11) is 4.09. The minimum Gasteiger partial charge on any atom is -0.366 e. The lowest BCUT2D eigenvalue weighted by atomic mass is 10.1. The van der Waals surface area contributed by atoms with E-state index in [4.69, 9.17) is 5.73 Å². The van der Waals surface area contributed by atoms with Crippen LogP contribution in [0.25, 0.3) is 16.9 Å². The number of fused-ring (bicyclic) bond motifs is 2. The molecule has 0 radical (unpaired) electrons. The summed E-state index contributed by atoms with van der Waals surface area (Å²) in [5, 5.41) is 8.70. The molecule has 7 nitrogen and oxygen atoms in total. The van der Waals surface area contributed by atoms with Gasteiger partial charge >= 0.3 is 0 Å². The zero-order valence-corrected chi connectivity index (χ0v) is 11.7. The molecule has 0 fully saturated rings. The van der Waals surface area contributed by atoms with Gasteiger partial charge in [0.15, 0.2) is 11.3 Å². The molecule has 0 saturated heterocycles. The predicted molar refractivity (Wildman–Crippen MR) is 81.9 cm³/mol. The number of nitrogens with two attached hydrogens (primary N) is 1. The van der Waals surface area contributed by atoms with E-state index in [1.165, 1.54) is 0 Å². The first-order chi connectivity index (χ1) is 10.0. The first kappa shape index (κ1) is 12.0. The minimum absolute atomic E-state index is 0.241. The maximum absolute atomic E-state index is 5.67. The number of aromatic nitrogens is 4. The van der Waals surface area contributed by atoms with Crippen LogP contribution in [0.1, 0.15) is 5.56 Å². The molecule has 1 aliphatic rings. The van der Waals surface area contributed by atoms with Crippen molar-refractivity contribution in [2.45, 2.75) is 0 Å². The standard InChI is InChI=1S/C14H14N7/c1-21(2)12-4-3-9(5-10(12)6-17-21)11-7-16-8-13-18-14(15)19-20(11)13/h3-8H,1-2H3,(H2,15,19)/q+1. The van der Waals surface area contributed by atoms with Gasteiger partial charge in [0, 0.05) is 11.6 Å². The molecule has 3 aromatic rings. The van der Waals surface area contributed by atoms with Gasteiger partial charge in [-0.15, -0.1) is 5.10 Å². The number of benzene rings is 1. The molecule has 0 bridgehead atoms. The molecule has 2 N–H and O–H groups in total. The normalized spacial score (nSPS) is 15.5. The summed E-state index contributed by atoms with van der Waals surface area (Å²) in [5.74, 6) is 0.241. The summed E-state index contributed by atoms with van der Waals surface area (Å²) in [6.07, 6.45) is 5.29. The Kier molecular flexibility index (Phi) is 2.20. The molecule has 0 aliphatic carbocycles. The van der Waals surface area contributed by atoms with Gasteiger partial charge in [0.05, 0.1) is 44.0 Å². The second-order valence-electron chi connectivity index (χ2n) is 5.45. The van der Waals surface area contributed by atoms with Crippen molar-refractivity contribution in [2.75, 3.05) is 19.8 Å². The van der Waals surface area contributed by atoms with Gasteiger partial charge in [0.2, 0.25) is 5.95 Å². The van der Waals surface area contributed by atoms with Crippen molar-refractivity contribution in [1.29, 1.82) is 0 Å². The van der Waals surface area contributed by atoms with Gasteiger partial charge < -0.3 is 5.73 Å². The minimum atomic E-state index is 0.241. The van der Waals surface area contributed by atoms with Crippen LogP contribution in [0.15, 0.2) is 35.7 Å². The predicted octanol–water partition coefficient (Wildman–Crippen LogP) is 1.29. The molecule has 2 aromatic heterocycles. The molecule has 0 spiro atoms. The first-order valence-corrected chi connectivity index (χ1v) is 6.55. The third-order valence-electron chi connectivity index (χ3n) is 3.66. The smallest absolute Gasteiger partial charge is 0.240 e. The topological polar surface area (TPSA) is 81.5 Å². The molecule has 3 heterocycles. The van der Waals surface area contributed by atoms with Crippen molar-refractivity contribution in [3.63, 3.8) is 0 Å². The van der Waals surface area contributed by atoms with E-state index in [9.17, 15) is 0 Å². The Morgan fingerprint density at radius 3 is 2.90 bits per heavy atom. The highest BCUT2D eigenvalue weighted by Gasteiger charge is 2.27. The second-order valence-corrected chi connectivity index (χ2v) is 5.45. The quantitative estimate of drug-likeness (QED) is 0.681. The number of hydrogen-bond acceptors (Lipinski definition) is 5. The van der Waals surface area contributed by atoms with Gasteiger partial charge in [0.25, 0.3) is 0 Å². The number of hydrogen-bond donors (Lipinski definition) is 1. The fourth-order valence-corrected chi connectivity index (χ4v) is 2.61. The lowest BCUT2D eigenvalue weighted by Crippen LogP contribution is -2.31. The van der Waals surface area contributed by atoms with Crippen LogP contribution in [-0.4, -0.2) is 39.9 Å². The average Bonchev–Trinajstić information content (AvgIpc) is 2.97. The largest absolute Gasteiger partial charge is 0.366 e. The molecule has 1 aliphatic heterocycles. The molecule has 0 atom stereocenters. The first-order valence-electron chi connectivity index (χ1n) is 6.55. The Morgan fingerprint density at radius 2 is 2.05 bits per heavy atom. The highest BCUT2D eigenvalue weighted by molar-refractivity contribution is 5.92. The molecule has 21 heavy (non-hydrogen) atoms. The van der Waals surface area contributed by atoms with Gasteiger partial charge in [-0.1, -0.05) is 5.10 Å². The fraction of sp³-hybridized carbons (Fsp3) is 0.143. The van der Waals surface area contributed by atoms with Crippen LogP contribution in [0.5, 0.6) is 0 Å². The van der Waals surface area contributed by atoms with E-state index in [1.807, 2.05) is 26.4 Å². The highest BCUT2D eigenvalue weighted by atomic mass is 15.6. The molecule has 1 aromatic carbocycles. The third kappa shape index (κ3) is 1.71. The van der Waals surface area contributed by atoms with Crippen molar-refractivity contribution >= 4 is 23.5 Å². The number of anilines is 1. The zero-order valence-electron chi connectivity index (χ0n) is 11.7. The maximum Gasteiger partial charge on any atom is 0.240 e. The van der Waals surface area contributed by atoms with Crippen molar-refractivity contribution in [2.24, 2.45) is 5.10 Å². The van der Waals surface area contributed by atoms with Crippen LogP contribution in [0.3, 0.4) is 0 Å². The fourth-order valence-electron chi connectivity index (χ4n) is 2.61. The number of quaternary nitrogens is 1. The van der Waals surface area contributed by atoms with E-state index >= 15 is 0 Å². The molecular weight excluding hydrogens is 266 g/mol. The van der Waals surface area contributed by atoms with Crippen molar-refractivity contribution in [3.05, 3.63) is 36.2 Å². The van der Waals surface area contributed by atoms with Crippen molar-refractivity contribution in [3.8, 4) is 11.3 Å². The van der Waals surface area contributed by atoms with E-state index in [0.717, 1.165) is 22.5 Å². The molecule has 0 saturated carbocycles. The molecule has 7 heteroatoms. The summed E-state index contributed by atoms with van der Waals surface area (Å²) in [4.78, 5) is 8.34. The Labute approximate surface area is 120 Å². The van der Waals surface area contributed by atoms with Gasteiger partial charge in [0.1, 0.15) is 0 Å². The summed E-state index contributed by atoms with van der Waals surface area (Å²) in [6, 6.07) is 6.21. The van der Waals surface area contributed by atoms with Crippen LogP contribution in [0.2, 0.25) is 0 Å². The molecule has 4 rings (SSSR count). The summed E-state index contributed by atoms with van der Waals surface area (Å²) in [5.41, 5.74) is 10.4. The SMILES string of the molecule is C[N+]1(C)N=Cc2cc(-c3cncc4nc(N)nn34)ccc21. The Bertz CT molecular complexity index is 891. The Hall–Kier alpha value is -2.80. The third-order valence-corrected chi connectivity index (χ3v) is 3.66. The molecule has 0 amide bonds. The van der Waals surface area contributed by atoms with E-state index in [-0.39, 0.29) is 5.95 Å². The van der Waals surface area contributed by atoms with E-state index in [1.54, 1.807) is 16.9 Å². The summed E-state index contributed by atoms with van der Waals surface area (Å²) in [6.45, 7) is 0. The van der Waals surface area contributed by atoms with Gasteiger partial charge in [-0.25, -0.2) is 4.52 Å². The zero-order chi connectivity index (χ0) is 14.6. The second kappa shape index (κ2) is 3.86. The summed E-state index contributed by atoms with van der Waals surface area (Å²) < 4.78 is 2.21. The Balaban J connectivity index is 1.92. The number of nitrogen functional groups attached to an aromatic ring is 1. The van der Waals surface area contributed by atoms with Crippen LogP contribution in [0.4, 0.5) is 11.6 Å². The number of rotatable bonds is 1. The molecule has 0 unspecified atom stereocenters. The molecular formula is C14H14N7+. The van der Waals surface area contributed by atoms with E-state index in [0.29, 0.717) is 10.2 Å². The van der Waals surface area contributed by atoms with Gasteiger partial charge in [-0.3, -0.25) is 4.98 Å². The van der Waals surface area contributed by atoms with Gasteiger partial charge in [-0.05, 0) is 12.1 Å². The van der Waals surface area contributed by atoms with Crippen LogP contribution >= 0.6 is 0 Å². The molecule has 104 valence electrons. The monoisotopic (exact) mass is 280 g/mol. The van der Waals surface area contributed by atoms with E-state index in [2.05, 4.69) is 32.3 Å². The lowest BCUT2D eigenvalue weighted by molar-refractivity contribution is 0.435. The highest BCUT2D eigenvalue weighted by Crippen LogP contribution is 2.32. The lowest BCUT2D eigenvalue weighted by Gasteiger charge is -2.18. The van der Waals surface area contributed by atoms with E-state index < -0.39 is 0 Å². The maximum atomic E-state index is 5.67. The average molecular weight is 280 g/mol.